The first-order valence-electron chi connectivity index (χ1n) is 4.72. The van der Waals surface area contributed by atoms with Gasteiger partial charge in [-0.2, -0.15) is 0 Å². The molecule has 0 saturated carbocycles. The molecule has 1 aliphatic rings. The van der Waals surface area contributed by atoms with Crippen molar-refractivity contribution in [3.63, 3.8) is 0 Å². The Labute approximate surface area is 87.2 Å². The van der Waals surface area contributed by atoms with Gasteiger partial charge in [0.2, 0.25) is 0 Å². The molecule has 0 atom stereocenters. The topological polar surface area (TPSA) is 67.2 Å². The molecule has 0 amide bonds. The predicted molar refractivity (Wildman–Crippen MR) is 54.0 cm³/mol. The maximum absolute atomic E-state index is 8.25. The van der Waals surface area contributed by atoms with Crippen molar-refractivity contribution in [3.05, 3.63) is 46.3 Å². The van der Waals surface area contributed by atoms with Gasteiger partial charge in [-0.1, -0.05) is 35.4 Å². The first-order valence-corrected chi connectivity index (χ1v) is 4.72. The molecule has 78 valence electrons. The first-order chi connectivity index (χ1) is 7.40. The molecule has 0 spiro atoms. The fourth-order valence-electron chi connectivity index (χ4n) is 1.44. The molecule has 5 nitrogen and oxygen atoms in total. The summed E-state index contributed by atoms with van der Waals surface area (Å²) in [6.45, 7) is 0.813. The van der Waals surface area contributed by atoms with Crippen molar-refractivity contribution in [2.24, 2.45) is 5.11 Å². The lowest BCUT2D eigenvalue weighted by Gasteiger charge is -2.27. The highest BCUT2D eigenvalue weighted by molar-refractivity contribution is 5.16. The van der Waals surface area contributed by atoms with E-state index in [2.05, 4.69) is 10.0 Å². The minimum atomic E-state index is -0.337. The summed E-state index contributed by atoms with van der Waals surface area (Å²) in [6, 6.07) is 9.48. The zero-order valence-electron chi connectivity index (χ0n) is 8.11. The smallest absolute Gasteiger partial charge is 0.183 e. The Morgan fingerprint density at radius 2 is 1.87 bits per heavy atom. The molecule has 1 aromatic carbocycles. The highest BCUT2D eigenvalue weighted by Crippen LogP contribution is 2.23. The van der Waals surface area contributed by atoms with Crippen molar-refractivity contribution in [2.45, 2.75) is 12.3 Å². The third-order valence-electron chi connectivity index (χ3n) is 2.17. The van der Waals surface area contributed by atoms with E-state index in [4.69, 9.17) is 15.0 Å². The van der Waals surface area contributed by atoms with Gasteiger partial charge in [0.15, 0.2) is 6.29 Å². The zero-order chi connectivity index (χ0) is 10.5. The van der Waals surface area contributed by atoms with Gasteiger partial charge in [-0.05, 0) is 5.53 Å². The fraction of sp³-hybridized carbons (Fsp3) is 0.400. The van der Waals surface area contributed by atoms with Crippen LogP contribution in [0.4, 0.5) is 0 Å². The second kappa shape index (κ2) is 4.79. The minimum absolute atomic E-state index is 0.213. The van der Waals surface area contributed by atoms with Crippen LogP contribution in [0.1, 0.15) is 11.9 Å². The maximum Gasteiger partial charge on any atom is 0.183 e. The molecular formula is C10H11N3O2. The summed E-state index contributed by atoms with van der Waals surface area (Å²) >= 11 is 0. The summed E-state index contributed by atoms with van der Waals surface area (Å²) < 4.78 is 10.9. The molecule has 1 saturated heterocycles. The SMILES string of the molecule is [N-]=[N+]=NC1COC(c2ccccc2)OC1. The van der Waals surface area contributed by atoms with E-state index in [0.29, 0.717) is 13.2 Å². The molecule has 1 fully saturated rings. The molecule has 5 heteroatoms. The summed E-state index contributed by atoms with van der Waals surface area (Å²) in [5.41, 5.74) is 9.23. The number of hydrogen-bond acceptors (Lipinski definition) is 3. The second-order valence-corrected chi connectivity index (χ2v) is 3.27. The van der Waals surface area contributed by atoms with E-state index in [1.54, 1.807) is 0 Å². The molecule has 0 N–H and O–H groups in total. The lowest BCUT2D eigenvalue weighted by atomic mass is 10.2. The Kier molecular flexibility index (Phi) is 3.19. The standard InChI is InChI=1S/C10H11N3O2/c11-13-12-9-6-14-10(15-7-9)8-4-2-1-3-5-8/h1-5,9-10H,6-7H2. The van der Waals surface area contributed by atoms with Crippen molar-refractivity contribution in [2.75, 3.05) is 13.2 Å². The van der Waals surface area contributed by atoms with Gasteiger partial charge in [0.25, 0.3) is 0 Å². The van der Waals surface area contributed by atoms with E-state index in [1.807, 2.05) is 30.3 Å². The average Bonchev–Trinajstić information content (AvgIpc) is 2.32. The molecule has 2 rings (SSSR count). The van der Waals surface area contributed by atoms with Crippen molar-refractivity contribution < 1.29 is 9.47 Å². The summed E-state index contributed by atoms with van der Waals surface area (Å²) in [5, 5.41) is 3.54. The maximum atomic E-state index is 8.25. The monoisotopic (exact) mass is 205 g/mol. The number of hydrogen-bond donors (Lipinski definition) is 0. The minimum Gasteiger partial charge on any atom is -0.348 e. The van der Waals surface area contributed by atoms with Crippen molar-refractivity contribution in [1.82, 2.24) is 0 Å². The molecule has 1 heterocycles. The van der Waals surface area contributed by atoms with Gasteiger partial charge in [0.05, 0.1) is 19.3 Å². The van der Waals surface area contributed by atoms with E-state index in [0.717, 1.165) is 5.56 Å². The number of ether oxygens (including phenoxy) is 2. The number of azide groups is 1. The lowest BCUT2D eigenvalue weighted by molar-refractivity contribution is -0.189. The lowest BCUT2D eigenvalue weighted by Crippen LogP contribution is -2.29. The second-order valence-electron chi connectivity index (χ2n) is 3.27. The molecule has 15 heavy (non-hydrogen) atoms. The van der Waals surface area contributed by atoms with E-state index < -0.39 is 0 Å². The molecule has 0 aromatic heterocycles. The molecule has 1 aromatic rings. The van der Waals surface area contributed by atoms with Crippen LogP contribution in [0.2, 0.25) is 0 Å². The van der Waals surface area contributed by atoms with Crippen LogP contribution in [-0.4, -0.2) is 19.3 Å². The van der Waals surface area contributed by atoms with Crippen LogP contribution in [0.15, 0.2) is 35.4 Å². The van der Waals surface area contributed by atoms with Gasteiger partial charge < -0.3 is 9.47 Å². The normalized spacial score (nSPS) is 25.6. The largest absolute Gasteiger partial charge is 0.348 e. The highest BCUT2D eigenvalue weighted by Gasteiger charge is 2.22. The average molecular weight is 205 g/mol. The zero-order valence-corrected chi connectivity index (χ0v) is 8.11. The van der Waals surface area contributed by atoms with Crippen LogP contribution in [0.25, 0.3) is 10.4 Å². The molecular weight excluding hydrogens is 194 g/mol. The number of benzene rings is 1. The van der Waals surface area contributed by atoms with E-state index >= 15 is 0 Å². The first kappa shape index (κ1) is 9.98. The molecule has 0 bridgehead atoms. The van der Waals surface area contributed by atoms with Crippen molar-refractivity contribution in [3.8, 4) is 0 Å². The van der Waals surface area contributed by atoms with Crippen LogP contribution < -0.4 is 0 Å². The molecule has 1 aliphatic heterocycles. The van der Waals surface area contributed by atoms with Gasteiger partial charge in [-0.3, -0.25) is 0 Å². The Bertz CT molecular complexity index is 354. The van der Waals surface area contributed by atoms with E-state index in [-0.39, 0.29) is 12.3 Å². The van der Waals surface area contributed by atoms with Crippen molar-refractivity contribution >= 4 is 0 Å². The number of rotatable bonds is 2. The van der Waals surface area contributed by atoms with Gasteiger partial charge in [-0.15, -0.1) is 0 Å². The highest BCUT2D eigenvalue weighted by atomic mass is 16.7. The Balaban J connectivity index is 1.97. The van der Waals surface area contributed by atoms with Crippen LogP contribution >= 0.6 is 0 Å². The third-order valence-corrected chi connectivity index (χ3v) is 2.17. The molecule has 0 aliphatic carbocycles. The summed E-state index contributed by atoms with van der Waals surface area (Å²) in [7, 11) is 0. The van der Waals surface area contributed by atoms with Gasteiger partial charge in [0, 0.05) is 10.5 Å². The summed E-state index contributed by atoms with van der Waals surface area (Å²) in [4.78, 5) is 2.72. The Morgan fingerprint density at radius 1 is 1.20 bits per heavy atom. The van der Waals surface area contributed by atoms with Gasteiger partial charge >= 0.3 is 0 Å². The van der Waals surface area contributed by atoms with Crippen LogP contribution in [-0.2, 0) is 9.47 Å². The molecule has 0 unspecified atom stereocenters. The predicted octanol–water partition coefficient (Wildman–Crippen LogP) is 2.41. The fourth-order valence-corrected chi connectivity index (χ4v) is 1.44. The van der Waals surface area contributed by atoms with Gasteiger partial charge in [0.1, 0.15) is 0 Å². The summed E-state index contributed by atoms with van der Waals surface area (Å²) in [6.07, 6.45) is -0.337. The summed E-state index contributed by atoms with van der Waals surface area (Å²) in [5.74, 6) is 0. The van der Waals surface area contributed by atoms with Crippen LogP contribution in [0.5, 0.6) is 0 Å². The Hall–Kier alpha value is -1.55. The number of nitrogens with zero attached hydrogens (tertiary/aromatic N) is 3. The van der Waals surface area contributed by atoms with Crippen LogP contribution in [0.3, 0.4) is 0 Å². The van der Waals surface area contributed by atoms with E-state index in [9.17, 15) is 0 Å². The molecule has 0 radical (unpaired) electrons. The van der Waals surface area contributed by atoms with E-state index in [1.165, 1.54) is 0 Å². The van der Waals surface area contributed by atoms with Gasteiger partial charge in [-0.25, -0.2) is 0 Å². The Morgan fingerprint density at radius 3 is 2.47 bits per heavy atom. The third kappa shape index (κ3) is 2.47. The van der Waals surface area contributed by atoms with Crippen molar-refractivity contribution in [1.29, 1.82) is 0 Å². The van der Waals surface area contributed by atoms with Crippen LogP contribution in [0, 0.1) is 0 Å². The quantitative estimate of drug-likeness (QED) is 0.422.